The highest BCUT2D eigenvalue weighted by molar-refractivity contribution is 5.73. The van der Waals surface area contributed by atoms with Gasteiger partial charge in [-0.3, -0.25) is 9.59 Å². The van der Waals surface area contributed by atoms with E-state index in [-0.39, 0.29) is 0 Å². The van der Waals surface area contributed by atoms with Crippen LogP contribution in [0.2, 0.25) is 0 Å². The summed E-state index contributed by atoms with van der Waals surface area (Å²) in [6, 6.07) is -3.18. The van der Waals surface area contributed by atoms with E-state index in [9.17, 15) is 81.1 Å². The zero-order chi connectivity index (χ0) is 45.2. The molecular weight excluding hydrogens is 836 g/mol. The predicted molar refractivity (Wildman–Crippen MR) is 188 cm³/mol. The summed E-state index contributed by atoms with van der Waals surface area (Å²) in [7, 11) is 0. The Bertz CT molecular complexity index is 1420. The van der Waals surface area contributed by atoms with Gasteiger partial charge in [-0.05, 0) is 6.92 Å². The maximum atomic E-state index is 12.6. The zero-order valence-electron chi connectivity index (χ0n) is 33.0. The number of aliphatic hydroxyl groups excluding tert-OH is 14. The molecule has 354 valence electrons. The van der Waals surface area contributed by atoms with Crippen LogP contribution in [0.3, 0.4) is 0 Å². The van der Waals surface area contributed by atoms with Crippen molar-refractivity contribution in [2.75, 3.05) is 26.4 Å². The fourth-order valence-electron chi connectivity index (χ4n) is 7.65. The van der Waals surface area contributed by atoms with Crippen LogP contribution in [0.25, 0.3) is 0 Å². The SMILES string of the molecule is CC(=O)N[C@H]1C(O)O[C@H](COC2O[C@H](CO)[C@@H](O)[C@H](OC3O[C@H](CO)[C@H](O)[C@H](O)[C@H]3OC3O[C@@H](C)[C@@H](O)[C@@H](O)[C@@H]3O)[C@H]2NC(C)=O)[C@H](O)[C@@H]1OC1O[C@H](CO)[C@H](O)[C@H](O)[C@H]1O. The van der Waals surface area contributed by atoms with E-state index in [1.807, 2.05) is 0 Å². The molecule has 5 rings (SSSR count). The van der Waals surface area contributed by atoms with Crippen LogP contribution in [0.15, 0.2) is 0 Å². The standard InChI is InChI=1S/C34H58N2O25/c1-8-17(42)22(47)25(50)32(54-8)61-29-24(49)19(44)12(5-38)58-34(29)60-28-16(36-10(3)41)31(56-13(6-39)20(28)45)53-7-14-21(46)27(15(30(52)55-14)35-9(2)40)59-33-26(51)23(48)18(43)11(4-37)57-33/h8,11-34,37-39,42-52H,4-7H2,1-3H3,(H,35,40)(H,36,41)/t8-,11+,12+,13+,14+,15+,16+,17+,18-,19-,20+,21-,22+,23-,24-,25-,26+,27+,28+,29+,30?,31?,32?,33?,34?/m0/s1. The lowest BCUT2D eigenvalue weighted by molar-refractivity contribution is -0.382. The number of carbonyl (C=O) groups is 2. The van der Waals surface area contributed by atoms with Crippen molar-refractivity contribution < 1.29 is 124 Å². The van der Waals surface area contributed by atoms with Crippen LogP contribution in [-0.2, 0) is 52.2 Å². The van der Waals surface area contributed by atoms with Gasteiger partial charge in [0.2, 0.25) is 11.8 Å². The maximum absolute atomic E-state index is 12.6. The van der Waals surface area contributed by atoms with Gasteiger partial charge < -0.3 is 125 Å². The first-order chi connectivity index (χ1) is 28.7. The number of hydrogen-bond acceptors (Lipinski definition) is 25. The fourth-order valence-corrected chi connectivity index (χ4v) is 7.65. The molecule has 27 nitrogen and oxygen atoms in total. The van der Waals surface area contributed by atoms with E-state index in [0.717, 1.165) is 13.8 Å². The molecule has 0 aliphatic carbocycles. The van der Waals surface area contributed by atoms with Crippen molar-refractivity contribution in [1.82, 2.24) is 10.6 Å². The molecular formula is C34H58N2O25. The molecule has 25 atom stereocenters. The Morgan fingerprint density at radius 1 is 0.459 bits per heavy atom. The Balaban J connectivity index is 1.39. The summed E-state index contributed by atoms with van der Waals surface area (Å²) in [4.78, 5) is 24.7. The normalized spacial score (nSPS) is 49.6. The number of rotatable bonds is 14. The van der Waals surface area contributed by atoms with Gasteiger partial charge in [-0.2, -0.15) is 0 Å². The second-order valence-corrected chi connectivity index (χ2v) is 15.4. The van der Waals surface area contributed by atoms with Crippen LogP contribution >= 0.6 is 0 Å². The molecule has 5 aliphatic heterocycles. The third kappa shape index (κ3) is 10.9. The molecule has 0 aromatic carbocycles. The molecule has 5 heterocycles. The largest absolute Gasteiger partial charge is 0.394 e. The molecule has 5 aliphatic rings. The Morgan fingerprint density at radius 3 is 1.46 bits per heavy atom. The quantitative estimate of drug-likeness (QED) is 0.0770. The topological polar surface area (TPSA) is 424 Å². The molecule has 2 amide bonds. The average Bonchev–Trinajstić information content (AvgIpc) is 3.21. The zero-order valence-corrected chi connectivity index (χ0v) is 33.0. The molecule has 0 radical (unpaired) electrons. The van der Waals surface area contributed by atoms with Gasteiger partial charge in [-0.15, -0.1) is 0 Å². The monoisotopic (exact) mass is 894 g/mol. The molecule has 16 N–H and O–H groups in total. The Kier molecular flexibility index (Phi) is 17.5. The van der Waals surface area contributed by atoms with E-state index < -0.39 is 192 Å². The van der Waals surface area contributed by atoms with E-state index in [4.69, 9.17) is 42.6 Å². The highest BCUT2D eigenvalue weighted by atomic mass is 16.8. The Morgan fingerprint density at radius 2 is 0.885 bits per heavy atom. The van der Waals surface area contributed by atoms with Crippen molar-refractivity contribution >= 4 is 11.8 Å². The van der Waals surface area contributed by atoms with Crippen molar-refractivity contribution in [1.29, 1.82) is 0 Å². The number of aliphatic hydroxyl groups is 14. The van der Waals surface area contributed by atoms with Crippen molar-refractivity contribution in [2.24, 2.45) is 0 Å². The molecule has 27 heteroatoms. The minimum absolute atomic E-state index is 0.735. The van der Waals surface area contributed by atoms with E-state index in [2.05, 4.69) is 10.6 Å². The van der Waals surface area contributed by atoms with Gasteiger partial charge in [0.1, 0.15) is 116 Å². The summed E-state index contributed by atoms with van der Waals surface area (Å²) in [5, 5.41) is 152. The minimum Gasteiger partial charge on any atom is -0.394 e. The molecule has 0 saturated carbocycles. The van der Waals surface area contributed by atoms with Crippen molar-refractivity contribution in [3.8, 4) is 0 Å². The summed E-state index contributed by atoms with van der Waals surface area (Å²) < 4.78 is 51.3. The molecule has 5 unspecified atom stereocenters. The highest BCUT2D eigenvalue weighted by Crippen LogP contribution is 2.35. The summed E-state index contributed by atoms with van der Waals surface area (Å²) in [5.74, 6) is -1.51. The Hall–Kier alpha value is -1.98. The first-order valence-electron chi connectivity index (χ1n) is 19.4. The van der Waals surface area contributed by atoms with Gasteiger partial charge in [-0.25, -0.2) is 0 Å². The molecule has 0 bridgehead atoms. The second-order valence-electron chi connectivity index (χ2n) is 15.4. The molecule has 5 fully saturated rings. The predicted octanol–water partition coefficient (Wildman–Crippen LogP) is -10.6. The smallest absolute Gasteiger partial charge is 0.217 e. The van der Waals surface area contributed by atoms with Crippen LogP contribution in [0.5, 0.6) is 0 Å². The third-order valence-electron chi connectivity index (χ3n) is 11.1. The van der Waals surface area contributed by atoms with Crippen molar-refractivity contribution in [3.63, 3.8) is 0 Å². The van der Waals surface area contributed by atoms with Crippen LogP contribution in [0.4, 0.5) is 0 Å². The lowest BCUT2D eigenvalue weighted by Gasteiger charge is -2.49. The third-order valence-corrected chi connectivity index (χ3v) is 11.1. The number of nitrogens with one attached hydrogen (secondary N) is 2. The molecule has 0 aromatic rings. The summed E-state index contributed by atoms with van der Waals surface area (Å²) >= 11 is 0. The molecule has 5 saturated heterocycles. The van der Waals surface area contributed by atoms with Gasteiger partial charge in [-0.1, -0.05) is 0 Å². The van der Waals surface area contributed by atoms with E-state index in [0.29, 0.717) is 0 Å². The maximum Gasteiger partial charge on any atom is 0.217 e. The van der Waals surface area contributed by atoms with Crippen molar-refractivity contribution in [2.45, 2.75) is 174 Å². The number of amides is 2. The average molecular weight is 895 g/mol. The summed E-state index contributed by atoms with van der Waals surface area (Å²) in [5.41, 5.74) is 0. The van der Waals surface area contributed by atoms with Gasteiger partial charge in [0.05, 0.1) is 32.5 Å². The lowest BCUT2D eigenvalue weighted by Crippen LogP contribution is -2.69. The van der Waals surface area contributed by atoms with Gasteiger partial charge >= 0.3 is 0 Å². The first kappa shape index (κ1) is 50.0. The second kappa shape index (κ2) is 21.3. The van der Waals surface area contributed by atoms with E-state index in [1.54, 1.807) is 0 Å². The van der Waals surface area contributed by atoms with Crippen molar-refractivity contribution in [3.05, 3.63) is 0 Å². The summed E-state index contributed by atoms with van der Waals surface area (Å²) in [6.07, 6.45) is -40.5. The van der Waals surface area contributed by atoms with Crippen LogP contribution in [0.1, 0.15) is 20.8 Å². The first-order valence-corrected chi connectivity index (χ1v) is 19.4. The van der Waals surface area contributed by atoms with E-state index >= 15 is 0 Å². The van der Waals surface area contributed by atoms with Gasteiger partial charge in [0.15, 0.2) is 31.5 Å². The van der Waals surface area contributed by atoms with Crippen LogP contribution < -0.4 is 10.6 Å². The summed E-state index contributed by atoms with van der Waals surface area (Å²) in [6.45, 7) is 0.0210. The Labute approximate surface area is 346 Å². The van der Waals surface area contributed by atoms with Gasteiger partial charge in [0, 0.05) is 13.8 Å². The van der Waals surface area contributed by atoms with E-state index in [1.165, 1.54) is 6.92 Å². The fraction of sp³-hybridized carbons (Fsp3) is 0.941. The van der Waals surface area contributed by atoms with Crippen LogP contribution in [0, 0.1) is 0 Å². The lowest BCUT2D eigenvalue weighted by atomic mass is 9.94. The number of ether oxygens (including phenoxy) is 9. The minimum atomic E-state index is -1.99. The molecule has 0 aromatic heterocycles. The molecule has 0 spiro atoms. The van der Waals surface area contributed by atoms with Gasteiger partial charge in [0.25, 0.3) is 0 Å². The highest BCUT2D eigenvalue weighted by Gasteiger charge is 2.56. The molecule has 61 heavy (non-hydrogen) atoms. The number of hydrogen-bond donors (Lipinski definition) is 16. The van der Waals surface area contributed by atoms with Crippen LogP contribution in [-0.4, -0.2) is 263 Å². The number of carbonyl (C=O) groups excluding carboxylic acids is 2.